The summed E-state index contributed by atoms with van der Waals surface area (Å²) in [5, 5.41) is 16.2. The molecule has 19 heavy (non-hydrogen) atoms. The second kappa shape index (κ2) is 5.63. The molecule has 1 heterocycles. The van der Waals surface area contributed by atoms with E-state index >= 15 is 0 Å². The lowest BCUT2D eigenvalue weighted by Crippen LogP contribution is -2.23. The second-order valence-electron chi connectivity index (χ2n) is 4.91. The lowest BCUT2D eigenvalue weighted by molar-refractivity contribution is -0.137. The van der Waals surface area contributed by atoms with Crippen LogP contribution < -0.4 is 0 Å². The molecule has 1 aliphatic rings. The van der Waals surface area contributed by atoms with Gasteiger partial charge in [0, 0.05) is 31.6 Å². The van der Waals surface area contributed by atoms with Crippen molar-refractivity contribution in [3.8, 4) is 0 Å². The molecule has 0 bridgehead atoms. The number of hydrogen-bond acceptors (Lipinski definition) is 4. The molecule has 0 aromatic carbocycles. The molecule has 0 radical (unpaired) electrons. The number of carbonyl (C=O) groups is 1. The number of carboxylic acids is 1. The van der Waals surface area contributed by atoms with Gasteiger partial charge in [-0.25, -0.2) is 8.78 Å². The third kappa shape index (κ3) is 3.97. The van der Waals surface area contributed by atoms with Crippen LogP contribution in [0.1, 0.15) is 56.2 Å². The number of rotatable bonds is 5. The van der Waals surface area contributed by atoms with Gasteiger partial charge < -0.3 is 9.52 Å². The quantitative estimate of drug-likeness (QED) is 0.893. The van der Waals surface area contributed by atoms with Crippen LogP contribution in [-0.2, 0) is 11.2 Å². The van der Waals surface area contributed by atoms with Crippen molar-refractivity contribution >= 4 is 5.97 Å². The maximum atomic E-state index is 13.0. The van der Waals surface area contributed by atoms with Crippen LogP contribution in [0.2, 0.25) is 0 Å². The summed E-state index contributed by atoms with van der Waals surface area (Å²) in [4.78, 5) is 10.4. The minimum absolute atomic E-state index is 0.0490. The van der Waals surface area contributed by atoms with E-state index in [1.54, 1.807) is 0 Å². The largest absolute Gasteiger partial charge is 0.481 e. The van der Waals surface area contributed by atoms with Crippen LogP contribution in [0.5, 0.6) is 0 Å². The van der Waals surface area contributed by atoms with E-state index in [0.29, 0.717) is 37.5 Å². The summed E-state index contributed by atoms with van der Waals surface area (Å²) in [5.41, 5.74) is 0. The predicted molar refractivity (Wildman–Crippen MR) is 61.0 cm³/mol. The van der Waals surface area contributed by atoms with Gasteiger partial charge in [-0.15, -0.1) is 10.2 Å². The van der Waals surface area contributed by atoms with Crippen molar-refractivity contribution in [2.45, 2.75) is 56.8 Å². The van der Waals surface area contributed by atoms with Crippen molar-refractivity contribution in [1.29, 1.82) is 0 Å². The molecule has 0 unspecified atom stereocenters. The smallest absolute Gasteiger partial charge is 0.303 e. The highest BCUT2D eigenvalue weighted by molar-refractivity contribution is 5.66. The van der Waals surface area contributed by atoms with E-state index in [4.69, 9.17) is 9.52 Å². The fourth-order valence-corrected chi connectivity index (χ4v) is 2.21. The highest BCUT2D eigenvalue weighted by Gasteiger charge is 2.37. The SMILES string of the molecule is O=C(O)CCCc1nnc(C2CCC(F)(F)CC2)o1. The van der Waals surface area contributed by atoms with Gasteiger partial charge in [-0.3, -0.25) is 4.79 Å². The van der Waals surface area contributed by atoms with Gasteiger partial charge in [0.05, 0.1) is 0 Å². The first-order valence-electron chi connectivity index (χ1n) is 6.38. The molecule has 1 aliphatic carbocycles. The number of halogens is 2. The van der Waals surface area contributed by atoms with Crippen LogP contribution in [0, 0.1) is 0 Å². The maximum Gasteiger partial charge on any atom is 0.303 e. The fourth-order valence-electron chi connectivity index (χ4n) is 2.21. The standard InChI is InChI=1S/C12H16F2N2O3/c13-12(14)6-4-8(5-7-12)11-16-15-9(19-11)2-1-3-10(17)18/h8H,1-7H2,(H,17,18). The summed E-state index contributed by atoms with van der Waals surface area (Å²) in [6.07, 6.45) is 1.30. The number of aliphatic carboxylic acids is 1. The average molecular weight is 274 g/mol. The Morgan fingerprint density at radius 3 is 2.68 bits per heavy atom. The first-order chi connectivity index (χ1) is 8.96. The van der Waals surface area contributed by atoms with Crippen LogP contribution in [0.25, 0.3) is 0 Å². The Bertz CT molecular complexity index is 438. The average Bonchev–Trinajstić information content (AvgIpc) is 2.77. The van der Waals surface area contributed by atoms with Crippen LogP contribution >= 0.6 is 0 Å². The van der Waals surface area contributed by atoms with Gasteiger partial charge in [-0.1, -0.05) is 0 Å². The van der Waals surface area contributed by atoms with Gasteiger partial charge in [0.1, 0.15) is 0 Å². The zero-order valence-corrected chi connectivity index (χ0v) is 10.4. The Morgan fingerprint density at radius 2 is 2.05 bits per heavy atom. The number of hydrogen-bond donors (Lipinski definition) is 1. The van der Waals surface area contributed by atoms with E-state index in [1.807, 2.05) is 0 Å². The molecule has 5 nitrogen and oxygen atoms in total. The Kier molecular flexibility index (Phi) is 4.11. The van der Waals surface area contributed by atoms with Gasteiger partial charge in [0.2, 0.25) is 17.7 Å². The molecule has 7 heteroatoms. The molecule has 1 aromatic heterocycles. The minimum Gasteiger partial charge on any atom is -0.481 e. The number of nitrogens with zero attached hydrogens (tertiary/aromatic N) is 2. The molecule has 1 fully saturated rings. The molecule has 0 aliphatic heterocycles. The van der Waals surface area contributed by atoms with Crippen molar-refractivity contribution in [2.24, 2.45) is 0 Å². The Hall–Kier alpha value is -1.53. The summed E-state index contributed by atoms with van der Waals surface area (Å²) in [6.45, 7) is 0. The molecular formula is C12H16F2N2O3. The van der Waals surface area contributed by atoms with E-state index in [2.05, 4.69) is 10.2 Å². The lowest BCUT2D eigenvalue weighted by Gasteiger charge is -2.25. The topological polar surface area (TPSA) is 76.2 Å². The molecule has 0 saturated heterocycles. The Balaban J connectivity index is 1.85. The van der Waals surface area contributed by atoms with E-state index < -0.39 is 11.9 Å². The van der Waals surface area contributed by atoms with Gasteiger partial charge in [0.15, 0.2) is 0 Å². The summed E-state index contributed by atoms with van der Waals surface area (Å²) in [6, 6.07) is 0. The molecule has 2 rings (SSSR count). The monoisotopic (exact) mass is 274 g/mol. The van der Waals surface area contributed by atoms with Crippen molar-refractivity contribution < 1.29 is 23.1 Å². The second-order valence-corrected chi connectivity index (χ2v) is 4.91. The number of aromatic nitrogens is 2. The molecule has 1 saturated carbocycles. The lowest BCUT2D eigenvalue weighted by atomic mass is 9.87. The molecule has 1 N–H and O–H groups in total. The Morgan fingerprint density at radius 1 is 1.37 bits per heavy atom. The maximum absolute atomic E-state index is 13.0. The first-order valence-corrected chi connectivity index (χ1v) is 6.38. The summed E-state index contributed by atoms with van der Waals surface area (Å²) in [5.74, 6) is -2.75. The van der Waals surface area contributed by atoms with Gasteiger partial charge in [0.25, 0.3) is 0 Å². The molecular weight excluding hydrogens is 258 g/mol. The van der Waals surface area contributed by atoms with Crippen molar-refractivity contribution in [2.75, 3.05) is 0 Å². The van der Waals surface area contributed by atoms with Crippen LogP contribution in [0.4, 0.5) is 8.78 Å². The number of aryl methyl sites for hydroxylation is 1. The van der Waals surface area contributed by atoms with E-state index in [9.17, 15) is 13.6 Å². The number of carboxylic acid groups (broad SMARTS) is 1. The highest BCUT2D eigenvalue weighted by Crippen LogP contribution is 2.40. The zero-order chi connectivity index (χ0) is 13.9. The Labute approximate surface area is 109 Å². The minimum atomic E-state index is -2.57. The predicted octanol–water partition coefficient (Wildman–Crippen LogP) is 2.77. The van der Waals surface area contributed by atoms with E-state index in [-0.39, 0.29) is 25.2 Å². The first kappa shape index (κ1) is 13.9. The third-order valence-corrected chi connectivity index (χ3v) is 3.33. The van der Waals surface area contributed by atoms with Crippen molar-refractivity contribution in [1.82, 2.24) is 10.2 Å². The summed E-state index contributed by atoms with van der Waals surface area (Å²) >= 11 is 0. The zero-order valence-electron chi connectivity index (χ0n) is 10.4. The van der Waals surface area contributed by atoms with E-state index in [0.717, 1.165) is 0 Å². The molecule has 106 valence electrons. The van der Waals surface area contributed by atoms with Gasteiger partial charge >= 0.3 is 5.97 Å². The van der Waals surface area contributed by atoms with Gasteiger partial charge in [-0.05, 0) is 19.3 Å². The van der Waals surface area contributed by atoms with Crippen LogP contribution in [0.3, 0.4) is 0 Å². The third-order valence-electron chi connectivity index (χ3n) is 3.33. The molecule has 0 atom stereocenters. The fraction of sp³-hybridized carbons (Fsp3) is 0.750. The summed E-state index contributed by atoms with van der Waals surface area (Å²) < 4.78 is 31.5. The van der Waals surface area contributed by atoms with Crippen LogP contribution in [0.15, 0.2) is 4.42 Å². The molecule has 1 aromatic rings. The van der Waals surface area contributed by atoms with Gasteiger partial charge in [-0.2, -0.15) is 0 Å². The molecule has 0 spiro atoms. The molecule has 0 amide bonds. The number of alkyl halides is 2. The van der Waals surface area contributed by atoms with E-state index in [1.165, 1.54) is 0 Å². The normalized spacial score (nSPS) is 19.5. The summed E-state index contributed by atoms with van der Waals surface area (Å²) in [7, 11) is 0. The van der Waals surface area contributed by atoms with Crippen LogP contribution in [-0.4, -0.2) is 27.2 Å². The van der Waals surface area contributed by atoms with Crippen molar-refractivity contribution in [3.05, 3.63) is 11.8 Å². The highest BCUT2D eigenvalue weighted by atomic mass is 19.3. The van der Waals surface area contributed by atoms with Crippen molar-refractivity contribution in [3.63, 3.8) is 0 Å².